The second-order valence-corrected chi connectivity index (χ2v) is 6.48. The van der Waals surface area contributed by atoms with Crippen molar-refractivity contribution in [2.75, 3.05) is 6.54 Å². The largest absolute Gasteiger partial charge is 0.348 e. The van der Waals surface area contributed by atoms with E-state index in [-0.39, 0.29) is 18.4 Å². The van der Waals surface area contributed by atoms with Gasteiger partial charge in [-0.25, -0.2) is 4.98 Å². The zero-order valence-corrected chi connectivity index (χ0v) is 12.9. The van der Waals surface area contributed by atoms with Crippen LogP contribution in [0, 0.1) is 13.8 Å². The fraction of sp³-hybridized carbons (Fsp3) is 0.308. The molecule has 2 heterocycles. The van der Waals surface area contributed by atoms with Crippen LogP contribution in [0.4, 0.5) is 0 Å². The summed E-state index contributed by atoms with van der Waals surface area (Å²) in [6.07, 6.45) is 0. The highest BCUT2D eigenvalue weighted by Gasteiger charge is 2.10. The molecule has 0 radical (unpaired) electrons. The number of thiophene rings is 1. The zero-order valence-electron chi connectivity index (χ0n) is 11.2. The van der Waals surface area contributed by atoms with Crippen LogP contribution in [0.1, 0.15) is 25.3 Å². The number of carbonyl (C=O) groups excluding carboxylic acids is 2. The van der Waals surface area contributed by atoms with Gasteiger partial charge in [0.2, 0.25) is 5.91 Å². The Morgan fingerprint density at radius 2 is 2.05 bits per heavy atom. The first kappa shape index (κ1) is 14.7. The molecule has 0 fully saturated rings. The predicted molar refractivity (Wildman–Crippen MR) is 80.1 cm³/mol. The van der Waals surface area contributed by atoms with E-state index in [0.29, 0.717) is 11.4 Å². The second-order valence-electron chi connectivity index (χ2n) is 4.25. The Labute approximate surface area is 125 Å². The molecule has 2 N–H and O–H groups in total. The minimum atomic E-state index is -0.223. The fourth-order valence-electron chi connectivity index (χ4n) is 1.52. The van der Waals surface area contributed by atoms with Crippen LogP contribution >= 0.6 is 22.7 Å². The van der Waals surface area contributed by atoms with Crippen LogP contribution in [0.15, 0.2) is 17.5 Å². The standard InChI is InChI=1S/C13H15N3O2S2/c1-8-7-19-12(16-8)6-14-11(17)5-15-13(18)10-4-3-9(2)20-10/h3-4,7H,5-6H2,1-2H3,(H,14,17)(H,15,18). The number of hydrogen-bond donors (Lipinski definition) is 2. The average Bonchev–Trinajstić information content (AvgIpc) is 3.02. The summed E-state index contributed by atoms with van der Waals surface area (Å²) in [7, 11) is 0. The first-order valence-electron chi connectivity index (χ1n) is 6.07. The van der Waals surface area contributed by atoms with Gasteiger partial charge in [0.15, 0.2) is 0 Å². The third-order valence-corrected chi connectivity index (χ3v) is 4.44. The van der Waals surface area contributed by atoms with Crippen molar-refractivity contribution in [2.24, 2.45) is 0 Å². The number of carbonyl (C=O) groups is 2. The number of thiazole rings is 1. The van der Waals surface area contributed by atoms with E-state index in [1.165, 1.54) is 22.7 Å². The van der Waals surface area contributed by atoms with Crippen LogP contribution in [0.25, 0.3) is 0 Å². The van der Waals surface area contributed by atoms with Crippen LogP contribution in [-0.4, -0.2) is 23.3 Å². The molecule has 0 aliphatic rings. The first-order chi connectivity index (χ1) is 9.54. The van der Waals surface area contributed by atoms with Crippen molar-refractivity contribution in [1.29, 1.82) is 0 Å². The molecule has 0 aliphatic carbocycles. The molecule has 0 aliphatic heterocycles. The van der Waals surface area contributed by atoms with Crippen molar-refractivity contribution < 1.29 is 9.59 Å². The molecule has 2 aromatic heterocycles. The average molecular weight is 309 g/mol. The molecule has 2 aromatic rings. The molecule has 0 saturated heterocycles. The molecule has 0 spiro atoms. The van der Waals surface area contributed by atoms with Crippen LogP contribution < -0.4 is 10.6 Å². The van der Waals surface area contributed by atoms with E-state index in [1.807, 2.05) is 25.3 Å². The van der Waals surface area contributed by atoms with Gasteiger partial charge >= 0.3 is 0 Å². The van der Waals surface area contributed by atoms with Gasteiger partial charge in [0.25, 0.3) is 5.91 Å². The molecule has 0 bridgehead atoms. The fourth-order valence-corrected chi connectivity index (χ4v) is 3.02. The molecule has 106 valence electrons. The zero-order chi connectivity index (χ0) is 14.5. The number of amides is 2. The van der Waals surface area contributed by atoms with Gasteiger partial charge in [-0.15, -0.1) is 22.7 Å². The molecule has 20 heavy (non-hydrogen) atoms. The van der Waals surface area contributed by atoms with Crippen molar-refractivity contribution >= 4 is 34.5 Å². The molecular weight excluding hydrogens is 294 g/mol. The Hall–Kier alpha value is -1.73. The smallest absolute Gasteiger partial charge is 0.261 e. The number of rotatable bonds is 5. The maximum atomic E-state index is 11.7. The highest BCUT2D eigenvalue weighted by molar-refractivity contribution is 7.13. The third-order valence-electron chi connectivity index (χ3n) is 2.48. The van der Waals surface area contributed by atoms with E-state index in [4.69, 9.17) is 0 Å². The number of nitrogens with zero attached hydrogens (tertiary/aromatic N) is 1. The first-order valence-corrected chi connectivity index (χ1v) is 7.76. The maximum absolute atomic E-state index is 11.7. The van der Waals surface area contributed by atoms with Gasteiger partial charge in [-0.3, -0.25) is 9.59 Å². The number of aromatic nitrogens is 1. The molecule has 0 atom stereocenters. The number of hydrogen-bond acceptors (Lipinski definition) is 5. The van der Waals surface area contributed by atoms with E-state index in [2.05, 4.69) is 15.6 Å². The molecule has 0 aromatic carbocycles. The van der Waals surface area contributed by atoms with Gasteiger partial charge in [0, 0.05) is 16.0 Å². The lowest BCUT2D eigenvalue weighted by atomic mass is 10.4. The summed E-state index contributed by atoms with van der Waals surface area (Å²) in [5.41, 5.74) is 0.945. The summed E-state index contributed by atoms with van der Waals surface area (Å²) >= 11 is 2.91. The van der Waals surface area contributed by atoms with E-state index < -0.39 is 0 Å². The van der Waals surface area contributed by atoms with E-state index in [0.717, 1.165) is 15.6 Å². The Morgan fingerprint density at radius 3 is 2.65 bits per heavy atom. The Bertz CT molecular complexity index is 619. The minimum Gasteiger partial charge on any atom is -0.348 e. The Morgan fingerprint density at radius 1 is 1.25 bits per heavy atom. The highest BCUT2D eigenvalue weighted by atomic mass is 32.1. The van der Waals surface area contributed by atoms with Gasteiger partial charge in [-0.2, -0.15) is 0 Å². The molecular formula is C13H15N3O2S2. The van der Waals surface area contributed by atoms with Crippen molar-refractivity contribution in [2.45, 2.75) is 20.4 Å². The lowest BCUT2D eigenvalue weighted by Gasteiger charge is -2.04. The van der Waals surface area contributed by atoms with E-state index in [9.17, 15) is 9.59 Å². The van der Waals surface area contributed by atoms with Crippen LogP contribution in [-0.2, 0) is 11.3 Å². The quantitative estimate of drug-likeness (QED) is 0.885. The van der Waals surface area contributed by atoms with Gasteiger partial charge in [-0.1, -0.05) is 0 Å². The van der Waals surface area contributed by atoms with Crippen molar-refractivity contribution in [1.82, 2.24) is 15.6 Å². The lowest BCUT2D eigenvalue weighted by molar-refractivity contribution is -0.120. The summed E-state index contributed by atoms with van der Waals surface area (Å²) < 4.78 is 0. The summed E-state index contributed by atoms with van der Waals surface area (Å²) in [5, 5.41) is 8.11. The molecule has 0 saturated carbocycles. The van der Waals surface area contributed by atoms with Crippen LogP contribution in [0.2, 0.25) is 0 Å². The molecule has 2 rings (SSSR count). The van der Waals surface area contributed by atoms with Gasteiger partial charge in [0.05, 0.1) is 18.0 Å². The van der Waals surface area contributed by atoms with Gasteiger partial charge < -0.3 is 10.6 Å². The molecule has 0 unspecified atom stereocenters. The maximum Gasteiger partial charge on any atom is 0.261 e. The third kappa shape index (κ3) is 4.14. The highest BCUT2D eigenvalue weighted by Crippen LogP contribution is 2.14. The topological polar surface area (TPSA) is 71.1 Å². The van der Waals surface area contributed by atoms with Crippen molar-refractivity contribution in [3.63, 3.8) is 0 Å². The van der Waals surface area contributed by atoms with Crippen molar-refractivity contribution in [3.8, 4) is 0 Å². The van der Waals surface area contributed by atoms with Gasteiger partial charge in [-0.05, 0) is 26.0 Å². The minimum absolute atomic E-state index is 0.0276. The van der Waals surface area contributed by atoms with Crippen molar-refractivity contribution in [3.05, 3.63) is 38.0 Å². The summed E-state index contributed by atoms with van der Waals surface area (Å²) in [4.78, 5) is 29.3. The monoisotopic (exact) mass is 309 g/mol. The summed E-state index contributed by atoms with van der Waals surface area (Å²) in [6, 6.07) is 3.63. The molecule has 7 heteroatoms. The lowest BCUT2D eigenvalue weighted by Crippen LogP contribution is -2.36. The second kappa shape index (κ2) is 6.62. The number of aryl methyl sites for hydroxylation is 2. The van der Waals surface area contributed by atoms with Crippen LogP contribution in [0.5, 0.6) is 0 Å². The summed E-state index contributed by atoms with van der Waals surface area (Å²) in [6.45, 7) is 4.21. The Balaban J connectivity index is 1.73. The summed E-state index contributed by atoms with van der Waals surface area (Å²) in [5.74, 6) is -0.442. The number of nitrogens with one attached hydrogen (secondary N) is 2. The molecule has 2 amide bonds. The van der Waals surface area contributed by atoms with Gasteiger partial charge in [0.1, 0.15) is 5.01 Å². The predicted octanol–water partition coefficient (Wildman–Crippen LogP) is 1.87. The van der Waals surface area contributed by atoms with E-state index in [1.54, 1.807) is 6.07 Å². The molecule has 5 nitrogen and oxygen atoms in total. The SMILES string of the molecule is Cc1csc(CNC(=O)CNC(=O)c2ccc(C)s2)n1. The normalized spacial score (nSPS) is 10.3. The van der Waals surface area contributed by atoms with Crippen LogP contribution in [0.3, 0.4) is 0 Å². The Kier molecular flexibility index (Phi) is 4.86. The van der Waals surface area contributed by atoms with E-state index >= 15 is 0 Å².